The average Bonchev–Trinajstić information content (AvgIpc) is 3.27. The molecule has 0 bridgehead atoms. The predicted octanol–water partition coefficient (Wildman–Crippen LogP) is 2.56. The average molecular weight is 400 g/mol. The zero-order valence-corrected chi connectivity index (χ0v) is 17.6. The minimum Gasteiger partial charge on any atom is -0.339 e. The molecule has 1 atom stereocenters. The molecule has 3 saturated heterocycles. The minimum atomic E-state index is -0.0725. The summed E-state index contributed by atoms with van der Waals surface area (Å²) < 4.78 is 0. The number of piperidine rings is 2. The van der Waals surface area contributed by atoms with Crippen LogP contribution in [0.5, 0.6) is 0 Å². The van der Waals surface area contributed by atoms with Crippen LogP contribution >= 0.6 is 0 Å². The topological polar surface area (TPSA) is 69.6 Å². The molecule has 3 aliphatic rings. The van der Waals surface area contributed by atoms with Gasteiger partial charge in [-0.1, -0.05) is 0 Å². The van der Waals surface area contributed by atoms with Crippen LogP contribution in [0.25, 0.3) is 0 Å². The van der Waals surface area contributed by atoms with Gasteiger partial charge in [0.1, 0.15) is 0 Å². The Labute approximate surface area is 173 Å². The van der Waals surface area contributed by atoms with Crippen molar-refractivity contribution in [2.45, 2.75) is 64.3 Å². The molecule has 1 aromatic heterocycles. The maximum absolute atomic E-state index is 13.0. The summed E-state index contributed by atoms with van der Waals surface area (Å²) in [7, 11) is 0. The molecule has 4 rings (SSSR count). The Balaban J connectivity index is 1.48. The van der Waals surface area contributed by atoms with Crippen LogP contribution in [0.1, 0.15) is 79.3 Å². The van der Waals surface area contributed by atoms with Crippen molar-refractivity contribution in [2.75, 3.05) is 39.3 Å². The molecule has 0 N–H and O–H groups in total. The van der Waals surface area contributed by atoms with Crippen molar-refractivity contribution in [3.8, 4) is 0 Å². The smallest absolute Gasteiger partial charge is 0.257 e. The molecule has 0 aliphatic carbocycles. The first-order valence-electron chi connectivity index (χ1n) is 11.3. The number of hydrogen-bond acceptors (Lipinski definition) is 5. The number of carbonyl (C=O) groups excluding carboxylic acids is 2. The van der Waals surface area contributed by atoms with Crippen LogP contribution in [0.15, 0.2) is 6.20 Å². The lowest BCUT2D eigenvalue weighted by Crippen LogP contribution is -2.44. The van der Waals surface area contributed by atoms with Crippen molar-refractivity contribution >= 4 is 11.8 Å². The first kappa shape index (κ1) is 20.3. The number of hydrogen-bond donors (Lipinski definition) is 0. The molecular formula is C22H33N5O2. The van der Waals surface area contributed by atoms with Crippen LogP contribution in [0.3, 0.4) is 0 Å². The zero-order valence-electron chi connectivity index (χ0n) is 17.6. The molecule has 1 aromatic rings. The lowest BCUT2D eigenvalue weighted by molar-refractivity contribution is -0.136. The van der Waals surface area contributed by atoms with Gasteiger partial charge in [0.05, 0.1) is 23.8 Å². The van der Waals surface area contributed by atoms with Crippen LogP contribution < -0.4 is 0 Å². The highest BCUT2D eigenvalue weighted by Crippen LogP contribution is 2.30. The third-order valence-electron chi connectivity index (χ3n) is 6.55. The van der Waals surface area contributed by atoms with Gasteiger partial charge in [0.25, 0.3) is 5.91 Å². The van der Waals surface area contributed by atoms with Crippen LogP contribution in [-0.4, -0.2) is 75.8 Å². The Hall–Kier alpha value is -2.02. The molecule has 7 nitrogen and oxygen atoms in total. The van der Waals surface area contributed by atoms with Gasteiger partial charge in [0.2, 0.25) is 5.91 Å². The van der Waals surface area contributed by atoms with E-state index >= 15 is 0 Å². The molecule has 4 heterocycles. The molecule has 7 heteroatoms. The number of rotatable bonds is 4. The zero-order chi connectivity index (χ0) is 20.2. The van der Waals surface area contributed by atoms with E-state index in [0.29, 0.717) is 17.9 Å². The van der Waals surface area contributed by atoms with Crippen molar-refractivity contribution < 1.29 is 9.59 Å². The molecule has 158 valence electrons. The second-order valence-corrected chi connectivity index (χ2v) is 8.66. The van der Waals surface area contributed by atoms with E-state index in [1.54, 1.807) is 6.20 Å². The molecule has 3 fully saturated rings. The van der Waals surface area contributed by atoms with Crippen LogP contribution in [0, 0.1) is 6.92 Å². The Bertz CT molecular complexity index is 741. The van der Waals surface area contributed by atoms with Gasteiger partial charge in [-0.25, -0.2) is 9.97 Å². The number of amides is 2. The lowest BCUT2D eigenvalue weighted by Gasteiger charge is -2.36. The SMILES string of the molecule is Cc1nc(C2CCCCN2C(=O)CN2CCCC2)ncc1C(=O)N1CCCCC1. The normalized spacial score (nSPS) is 23.4. The van der Waals surface area contributed by atoms with E-state index in [9.17, 15) is 9.59 Å². The molecular weight excluding hydrogens is 366 g/mol. The number of likely N-dealkylation sites (tertiary alicyclic amines) is 3. The van der Waals surface area contributed by atoms with E-state index in [0.717, 1.165) is 70.5 Å². The fraction of sp³-hybridized carbons (Fsp3) is 0.727. The summed E-state index contributed by atoms with van der Waals surface area (Å²) >= 11 is 0. The summed E-state index contributed by atoms with van der Waals surface area (Å²) in [5, 5.41) is 0. The first-order chi connectivity index (χ1) is 14.1. The van der Waals surface area contributed by atoms with Crippen molar-refractivity contribution in [1.82, 2.24) is 24.7 Å². The van der Waals surface area contributed by atoms with Gasteiger partial charge in [0.15, 0.2) is 5.82 Å². The maximum Gasteiger partial charge on any atom is 0.257 e. The van der Waals surface area contributed by atoms with Gasteiger partial charge in [-0.15, -0.1) is 0 Å². The standard InChI is InChI=1S/C22H33N5O2/c1-17-18(22(29)26-12-4-2-5-13-26)15-23-21(24-17)19-9-3-6-14-27(19)20(28)16-25-10-7-8-11-25/h15,19H,2-14,16H2,1H3. The number of aromatic nitrogens is 2. The van der Waals surface area contributed by atoms with Crippen molar-refractivity contribution in [1.29, 1.82) is 0 Å². The quantitative estimate of drug-likeness (QED) is 0.778. The Morgan fingerprint density at radius 2 is 1.66 bits per heavy atom. The largest absolute Gasteiger partial charge is 0.339 e. The van der Waals surface area contributed by atoms with E-state index < -0.39 is 0 Å². The Morgan fingerprint density at radius 3 is 2.38 bits per heavy atom. The second kappa shape index (κ2) is 9.20. The lowest BCUT2D eigenvalue weighted by atomic mass is 10.0. The Kier molecular flexibility index (Phi) is 6.43. The van der Waals surface area contributed by atoms with Gasteiger partial charge in [-0.3, -0.25) is 14.5 Å². The van der Waals surface area contributed by atoms with Gasteiger partial charge < -0.3 is 9.80 Å². The van der Waals surface area contributed by atoms with Crippen molar-refractivity contribution in [3.63, 3.8) is 0 Å². The third kappa shape index (κ3) is 4.60. The number of aryl methyl sites for hydroxylation is 1. The molecule has 29 heavy (non-hydrogen) atoms. The van der Waals surface area contributed by atoms with E-state index in [1.165, 1.54) is 19.3 Å². The highest BCUT2D eigenvalue weighted by molar-refractivity contribution is 5.95. The van der Waals surface area contributed by atoms with Crippen LogP contribution in [0.4, 0.5) is 0 Å². The maximum atomic E-state index is 13.0. The van der Waals surface area contributed by atoms with E-state index in [1.807, 2.05) is 16.7 Å². The van der Waals surface area contributed by atoms with Gasteiger partial charge in [-0.05, 0) is 71.4 Å². The molecule has 1 unspecified atom stereocenters. The van der Waals surface area contributed by atoms with Gasteiger partial charge >= 0.3 is 0 Å². The molecule has 0 radical (unpaired) electrons. The van der Waals surface area contributed by atoms with Crippen molar-refractivity contribution in [3.05, 3.63) is 23.3 Å². The van der Waals surface area contributed by atoms with Crippen molar-refractivity contribution in [2.24, 2.45) is 0 Å². The highest BCUT2D eigenvalue weighted by atomic mass is 16.2. The molecule has 0 saturated carbocycles. The first-order valence-corrected chi connectivity index (χ1v) is 11.3. The summed E-state index contributed by atoms with van der Waals surface area (Å²) in [5.41, 5.74) is 1.32. The summed E-state index contributed by atoms with van der Waals surface area (Å²) in [6.45, 7) is 6.85. The molecule has 3 aliphatic heterocycles. The summed E-state index contributed by atoms with van der Waals surface area (Å²) in [5.74, 6) is 0.915. The fourth-order valence-electron chi connectivity index (χ4n) is 4.84. The third-order valence-corrected chi connectivity index (χ3v) is 6.55. The predicted molar refractivity (Wildman–Crippen MR) is 111 cm³/mol. The highest BCUT2D eigenvalue weighted by Gasteiger charge is 2.32. The number of carbonyl (C=O) groups is 2. The Morgan fingerprint density at radius 1 is 0.966 bits per heavy atom. The molecule has 0 spiro atoms. The second-order valence-electron chi connectivity index (χ2n) is 8.66. The summed E-state index contributed by atoms with van der Waals surface area (Å²) in [6, 6.07) is -0.0725. The van der Waals surface area contributed by atoms with Crippen LogP contribution in [-0.2, 0) is 4.79 Å². The molecule has 2 amide bonds. The van der Waals surface area contributed by atoms with Gasteiger partial charge in [-0.2, -0.15) is 0 Å². The molecule has 0 aromatic carbocycles. The van der Waals surface area contributed by atoms with Crippen LogP contribution in [0.2, 0.25) is 0 Å². The monoisotopic (exact) mass is 399 g/mol. The van der Waals surface area contributed by atoms with E-state index in [4.69, 9.17) is 4.98 Å². The fourth-order valence-corrected chi connectivity index (χ4v) is 4.84. The minimum absolute atomic E-state index is 0.0411. The number of nitrogens with zero attached hydrogens (tertiary/aromatic N) is 5. The summed E-state index contributed by atoms with van der Waals surface area (Å²) in [4.78, 5) is 41.3. The van der Waals surface area contributed by atoms with E-state index in [2.05, 4.69) is 9.88 Å². The van der Waals surface area contributed by atoms with E-state index in [-0.39, 0.29) is 17.9 Å². The summed E-state index contributed by atoms with van der Waals surface area (Å²) in [6.07, 6.45) is 10.4. The van der Waals surface area contributed by atoms with Gasteiger partial charge in [0, 0.05) is 25.8 Å².